The summed E-state index contributed by atoms with van der Waals surface area (Å²) >= 11 is 4.69. The van der Waals surface area contributed by atoms with Crippen LogP contribution in [0.2, 0.25) is 0 Å². The van der Waals surface area contributed by atoms with Gasteiger partial charge in [-0.1, -0.05) is 0 Å². The van der Waals surface area contributed by atoms with E-state index in [9.17, 15) is 9.50 Å². The zero-order chi connectivity index (χ0) is 12.7. The summed E-state index contributed by atoms with van der Waals surface area (Å²) in [4.78, 5) is 5.53. The van der Waals surface area contributed by atoms with Gasteiger partial charge in [-0.3, -0.25) is 0 Å². The highest BCUT2D eigenvalue weighted by atomic mass is 79.9. The van der Waals surface area contributed by atoms with Gasteiger partial charge in [0.2, 0.25) is 0 Å². The van der Waals surface area contributed by atoms with Gasteiger partial charge in [0.25, 0.3) is 0 Å². The Hall–Kier alpha value is -0.780. The number of benzene rings is 1. The van der Waals surface area contributed by atoms with Gasteiger partial charge in [-0.05, 0) is 53.4 Å². The molecule has 1 heterocycles. The average Bonchev–Trinajstić information content (AvgIpc) is 2.78. The summed E-state index contributed by atoms with van der Waals surface area (Å²) in [5.74, 6) is -0.278. The molecule has 1 aromatic carbocycles. The smallest absolute Gasteiger partial charge is 0.137 e. The molecule has 1 atom stereocenters. The summed E-state index contributed by atoms with van der Waals surface area (Å²) in [6.07, 6.45) is 2.32. The number of rotatable bonds is 1. The van der Waals surface area contributed by atoms with Crippen LogP contribution in [0.3, 0.4) is 0 Å². The van der Waals surface area contributed by atoms with Gasteiger partial charge in [0, 0.05) is 5.56 Å². The Morgan fingerprint density at radius 2 is 2.28 bits per heavy atom. The van der Waals surface area contributed by atoms with Gasteiger partial charge < -0.3 is 5.11 Å². The van der Waals surface area contributed by atoms with Crippen molar-refractivity contribution in [1.82, 2.24) is 4.98 Å². The van der Waals surface area contributed by atoms with Crippen LogP contribution < -0.4 is 0 Å². The topological polar surface area (TPSA) is 33.1 Å². The van der Waals surface area contributed by atoms with E-state index in [1.807, 2.05) is 0 Å². The number of hydrogen-bond donors (Lipinski definition) is 1. The van der Waals surface area contributed by atoms with Crippen molar-refractivity contribution < 1.29 is 9.50 Å². The maximum atomic E-state index is 13.2. The highest BCUT2D eigenvalue weighted by Crippen LogP contribution is 2.38. The van der Waals surface area contributed by atoms with E-state index in [4.69, 9.17) is 0 Å². The number of aliphatic hydroxyl groups excluding tert-OH is 1. The minimum atomic E-state index is -0.385. The first kappa shape index (κ1) is 12.3. The Balaban J connectivity index is 2.04. The van der Waals surface area contributed by atoms with Crippen LogP contribution in [0.5, 0.6) is 0 Å². The summed E-state index contributed by atoms with van der Waals surface area (Å²) in [5.41, 5.74) is 1.88. The number of aliphatic hydroxyl groups is 1. The fraction of sp³-hybridized carbons (Fsp3) is 0.308. The predicted molar refractivity (Wildman–Crippen MR) is 73.1 cm³/mol. The van der Waals surface area contributed by atoms with Gasteiger partial charge in [0.15, 0.2) is 0 Å². The fourth-order valence-corrected chi connectivity index (χ4v) is 3.66. The summed E-state index contributed by atoms with van der Waals surface area (Å²) in [6.45, 7) is 0. The van der Waals surface area contributed by atoms with Crippen molar-refractivity contribution >= 4 is 27.3 Å². The van der Waals surface area contributed by atoms with Crippen molar-refractivity contribution in [1.29, 1.82) is 0 Å². The lowest BCUT2D eigenvalue weighted by Crippen LogP contribution is -2.06. The molecule has 1 N–H and O–H groups in total. The highest BCUT2D eigenvalue weighted by Gasteiger charge is 2.23. The van der Waals surface area contributed by atoms with Crippen molar-refractivity contribution in [2.75, 3.05) is 0 Å². The van der Waals surface area contributed by atoms with Crippen molar-refractivity contribution in [3.63, 3.8) is 0 Å². The predicted octanol–water partition coefficient (Wildman–Crippen LogP) is 4.08. The molecule has 0 spiro atoms. The number of thiazole rings is 1. The second-order valence-corrected chi connectivity index (χ2v) is 6.25. The van der Waals surface area contributed by atoms with Gasteiger partial charge >= 0.3 is 0 Å². The molecule has 1 aromatic heterocycles. The Morgan fingerprint density at radius 1 is 1.44 bits per heavy atom. The standard InChI is InChI=1S/C13H11BrFNOS/c14-8-6-7(4-5-9(8)15)13-16-10-2-1-3-11(17)12(10)18-13/h4-6,11,17H,1-3H2. The Labute approximate surface area is 117 Å². The number of hydrogen-bond acceptors (Lipinski definition) is 3. The second kappa shape index (κ2) is 4.72. The molecule has 2 aromatic rings. The highest BCUT2D eigenvalue weighted by molar-refractivity contribution is 9.10. The molecule has 18 heavy (non-hydrogen) atoms. The molecular weight excluding hydrogens is 317 g/mol. The molecule has 5 heteroatoms. The number of aryl methyl sites for hydroxylation is 1. The van der Waals surface area contributed by atoms with Crippen LogP contribution in [0, 0.1) is 5.82 Å². The van der Waals surface area contributed by atoms with E-state index in [-0.39, 0.29) is 11.9 Å². The van der Waals surface area contributed by atoms with Crippen LogP contribution in [0.25, 0.3) is 10.6 Å². The molecule has 0 saturated carbocycles. The van der Waals surface area contributed by atoms with Crippen LogP contribution in [-0.4, -0.2) is 10.1 Å². The van der Waals surface area contributed by atoms with Crippen molar-refractivity contribution in [3.8, 4) is 10.6 Å². The molecule has 0 radical (unpaired) electrons. The molecule has 0 aliphatic heterocycles. The molecule has 3 rings (SSSR count). The molecule has 1 aliphatic carbocycles. The maximum absolute atomic E-state index is 13.2. The molecule has 2 nitrogen and oxygen atoms in total. The van der Waals surface area contributed by atoms with Gasteiger partial charge in [-0.25, -0.2) is 9.37 Å². The largest absolute Gasteiger partial charge is 0.388 e. The van der Waals surface area contributed by atoms with E-state index in [1.165, 1.54) is 17.4 Å². The first-order valence-electron chi connectivity index (χ1n) is 5.78. The van der Waals surface area contributed by atoms with Crippen LogP contribution in [0.15, 0.2) is 22.7 Å². The van der Waals surface area contributed by atoms with Gasteiger partial charge in [-0.2, -0.15) is 0 Å². The number of fused-ring (bicyclic) bond motifs is 1. The van der Waals surface area contributed by atoms with Crippen LogP contribution >= 0.6 is 27.3 Å². The normalized spacial score (nSPS) is 18.7. The first-order chi connectivity index (χ1) is 8.65. The quantitative estimate of drug-likeness (QED) is 0.856. The van der Waals surface area contributed by atoms with Crippen molar-refractivity contribution in [2.45, 2.75) is 25.4 Å². The van der Waals surface area contributed by atoms with Crippen molar-refractivity contribution in [2.24, 2.45) is 0 Å². The molecule has 1 aliphatic rings. The SMILES string of the molecule is OC1CCCc2nc(-c3ccc(F)c(Br)c3)sc21. The summed E-state index contributed by atoms with van der Waals surface area (Å²) in [7, 11) is 0. The third-order valence-electron chi connectivity index (χ3n) is 3.09. The molecular formula is C13H11BrFNOS. The average molecular weight is 328 g/mol. The molecule has 0 amide bonds. The summed E-state index contributed by atoms with van der Waals surface area (Å²) in [6, 6.07) is 4.87. The molecule has 94 valence electrons. The Morgan fingerprint density at radius 3 is 3.00 bits per heavy atom. The van der Waals surface area contributed by atoms with E-state index in [1.54, 1.807) is 12.1 Å². The summed E-state index contributed by atoms with van der Waals surface area (Å²) < 4.78 is 13.6. The third-order valence-corrected chi connectivity index (χ3v) is 4.94. The van der Waals surface area contributed by atoms with E-state index >= 15 is 0 Å². The van der Waals surface area contributed by atoms with Crippen LogP contribution in [0.4, 0.5) is 4.39 Å². The molecule has 0 fully saturated rings. The minimum absolute atomic E-state index is 0.278. The second-order valence-electron chi connectivity index (χ2n) is 4.37. The van der Waals surface area contributed by atoms with Crippen LogP contribution in [0.1, 0.15) is 29.5 Å². The number of halogens is 2. The Bertz CT molecular complexity index is 599. The fourth-order valence-electron chi connectivity index (χ4n) is 2.15. The molecule has 0 bridgehead atoms. The zero-order valence-corrected chi connectivity index (χ0v) is 11.9. The summed E-state index contributed by atoms with van der Waals surface area (Å²) in [5, 5.41) is 10.8. The monoisotopic (exact) mass is 327 g/mol. The van der Waals surface area contributed by atoms with E-state index in [0.29, 0.717) is 4.47 Å². The number of aromatic nitrogens is 1. The number of nitrogens with zero attached hydrogens (tertiary/aromatic N) is 1. The lowest BCUT2D eigenvalue weighted by atomic mass is 10.0. The maximum Gasteiger partial charge on any atom is 0.137 e. The lowest BCUT2D eigenvalue weighted by molar-refractivity contribution is 0.160. The third kappa shape index (κ3) is 2.11. The van der Waals surface area contributed by atoms with Crippen molar-refractivity contribution in [3.05, 3.63) is 39.1 Å². The molecule has 0 saturated heterocycles. The van der Waals surface area contributed by atoms with Crippen LogP contribution in [-0.2, 0) is 6.42 Å². The van der Waals surface area contributed by atoms with E-state index in [0.717, 1.165) is 40.4 Å². The lowest BCUT2D eigenvalue weighted by Gasteiger charge is -2.14. The minimum Gasteiger partial charge on any atom is -0.388 e. The van der Waals surface area contributed by atoms with Gasteiger partial charge in [-0.15, -0.1) is 11.3 Å². The Kier molecular flexibility index (Phi) is 3.21. The first-order valence-corrected chi connectivity index (χ1v) is 7.39. The zero-order valence-electron chi connectivity index (χ0n) is 9.49. The van der Waals surface area contributed by atoms with Gasteiger partial charge in [0.05, 0.1) is 21.1 Å². The van der Waals surface area contributed by atoms with Gasteiger partial charge in [0.1, 0.15) is 10.8 Å². The van der Waals surface area contributed by atoms with E-state index in [2.05, 4.69) is 20.9 Å². The van der Waals surface area contributed by atoms with E-state index < -0.39 is 0 Å². The molecule has 1 unspecified atom stereocenters.